The molecule has 1 aliphatic heterocycles. The summed E-state index contributed by atoms with van der Waals surface area (Å²) < 4.78 is 29.4. The van der Waals surface area contributed by atoms with E-state index in [1.807, 2.05) is 0 Å². The molecule has 1 aromatic carbocycles. The Kier molecular flexibility index (Phi) is 3.06. The molecule has 1 aromatic heterocycles. The van der Waals surface area contributed by atoms with Gasteiger partial charge in [-0.2, -0.15) is 4.39 Å². The Hall–Kier alpha value is -3.04. The number of carboxylic acids is 1. The highest BCUT2D eigenvalue weighted by atomic mass is 19.2. The van der Waals surface area contributed by atoms with E-state index >= 15 is 0 Å². The van der Waals surface area contributed by atoms with Crippen LogP contribution in [0.1, 0.15) is 15.9 Å². The van der Waals surface area contributed by atoms with E-state index in [9.17, 15) is 28.5 Å². The number of carbonyl (C=O) groups is 1. The van der Waals surface area contributed by atoms with Gasteiger partial charge in [0.1, 0.15) is 10.9 Å². The van der Waals surface area contributed by atoms with Crippen molar-refractivity contribution in [3.63, 3.8) is 0 Å². The number of halogens is 2. The van der Waals surface area contributed by atoms with Crippen molar-refractivity contribution >= 4 is 22.6 Å². The van der Waals surface area contributed by atoms with Gasteiger partial charge in [0.05, 0.1) is 10.4 Å². The van der Waals surface area contributed by atoms with Crippen LogP contribution in [0, 0.1) is 21.7 Å². The average molecular weight is 325 g/mol. The van der Waals surface area contributed by atoms with E-state index in [1.54, 1.807) is 0 Å². The summed E-state index contributed by atoms with van der Waals surface area (Å²) in [5.74, 6) is -4.76. The summed E-state index contributed by atoms with van der Waals surface area (Å²) in [6.07, 6.45) is 0.982. The highest BCUT2D eigenvalue weighted by Gasteiger charge is 2.34. The molecule has 0 aliphatic carbocycles. The summed E-state index contributed by atoms with van der Waals surface area (Å²) in [4.78, 5) is 33.4. The minimum absolute atomic E-state index is 0.0274. The predicted molar refractivity (Wildman–Crippen MR) is 74.4 cm³/mol. The number of nitrogens with zero attached hydrogens (tertiary/aromatic N) is 3. The van der Waals surface area contributed by atoms with E-state index in [1.165, 1.54) is 12.1 Å². The van der Waals surface area contributed by atoms with Crippen molar-refractivity contribution in [2.24, 2.45) is 0 Å². The van der Waals surface area contributed by atoms with E-state index in [-0.39, 0.29) is 24.0 Å². The van der Waals surface area contributed by atoms with Crippen molar-refractivity contribution < 1.29 is 23.6 Å². The van der Waals surface area contributed by atoms with Gasteiger partial charge in [0.2, 0.25) is 11.2 Å². The Morgan fingerprint density at radius 3 is 2.61 bits per heavy atom. The molecular weight excluding hydrogens is 316 g/mol. The third-order valence-corrected chi connectivity index (χ3v) is 3.84. The summed E-state index contributed by atoms with van der Waals surface area (Å²) in [6, 6.07) is 0. The number of nitro benzene ring substituents is 1. The largest absolute Gasteiger partial charge is 0.477 e. The normalized spacial score (nSPS) is 13.4. The molecule has 10 heteroatoms. The Morgan fingerprint density at radius 2 is 2.04 bits per heavy atom. The lowest BCUT2D eigenvalue weighted by molar-refractivity contribution is -0.386. The van der Waals surface area contributed by atoms with Gasteiger partial charge in [-0.25, -0.2) is 9.18 Å². The van der Waals surface area contributed by atoms with Gasteiger partial charge in [-0.05, 0) is 6.42 Å². The Morgan fingerprint density at radius 1 is 1.39 bits per heavy atom. The minimum atomic E-state index is -1.76. The molecule has 0 amide bonds. The number of hydrogen-bond donors (Lipinski definition) is 1. The van der Waals surface area contributed by atoms with E-state index in [0.29, 0.717) is 0 Å². The van der Waals surface area contributed by atoms with Crippen LogP contribution >= 0.6 is 0 Å². The van der Waals surface area contributed by atoms with Crippen molar-refractivity contribution in [1.82, 2.24) is 4.68 Å². The van der Waals surface area contributed by atoms with Crippen LogP contribution in [-0.4, -0.2) is 34.3 Å². The summed E-state index contributed by atoms with van der Waals surface area (Å²) in [5.41, 5.74) is -3.69. The van der Waals surface area contributed by atoms with Gasteiger partial charge >= 0.3 is 11.7 Å². The summed E-state index contributed by atoms with van der Waals surface area (Å²) in [6.45, 7) is 0.220. The van der Waals surface area contributed by atoms with Gasteiger partial charge < -0.3 is 10.1 Å². The molecule has 2 aromatic rings. The fourth-order valence-corrected chi connectivity index (χ4v) is 2.76. The first-order valence-electron chi connectivity index (χ1n) is 6.44. The molecular formula is C13H9F2N3O5. The molecule has 8 nitrogen and oxygen atoms in total. The summed E-state index contributed by atoms with van der Waals surface area (Å²) in [5, 5.41) is 20.9. The van der Waals surface area contributed by atoms with Crippen molar-refractivity contribution in [1.29, 1.82) is 0 Å². The topological polar surface area (TPSA) is 106 Å². The maximum atomic E-state index is 14.2. The molecule has 120 valence electrons. The van der Waals surface area contributed by atoms with Crippen LogP contribution in [0.2, 0.25) is 0 Å². The van der Waals surface area contributed by atoms with E-state index in [0.717, 1.165) is 10.9 Å². The molecule has 0 saturated heterocycles. The molecule has 2 heterocycles. The molecule has 0 radical (unpaired) electrons. The van der Waals surface area contributed by atoms with Crippen LogP contribution in [0.15, 0.2) is 11.0 Å². The Balaban J connectivity index is 2.69. The standard InChI is InChI=1S/C13H9F2N3O5/c1-16-3-2-5-8(14)9(15)11(18(22)23)7-10(5)17(16)4-6(12(7)19)13(20)21/h4H,2-3H2,1H3,(H,20,21). The zero-order chi connectivity index (χ0) is 17.0. The summed E-state index contributed by atoms with van der Waals surface area (Å²) in [7, 11) is 1.53. The van der Waals surface area contributed by atoms with Crippen molar-refractivity contribution in [2.75, 3.05) is 18.6 Å². The minimum Gasteiger partial charge on any atom is -0.477 e. The van der Waals surface area contributed by atoms with Gasteiger partial charge in [-0.1, -0.05) is 0 Å². The number of likely N-dealkylation sites (N-methyl/N-ethyl adjacent to an activating group) is 1. The van der Waals surface area contributed by atoms with E-state index < -0.39 is 44.6 Å². The second-order valence-corrected chi connectivity index (χ2v) is 5.09. The van der Waals surface area contributed by atoms with E-state index in [4.69, 9.17) is 5.11 Å². The van der Waals surface area contributed by atoms with E-state index in [2.05, 4.69) is 0 Å². The fourth-order valence-electron chi connectivity index (χ4n) is 2.76. The number of nitro groups is 1. The highest BCUT2D eigenvalue weighted by Crippen LogP contribution is 2.34. The third kappa shape index (κ3) is 1.87. The smallest absolute Gasteiger partial charge is 0.341 e. The molecule has 3 rings (SSSR count). The molecule has 23 heavy (non-hydrogen) atoms. The summed E-state index contributed by atoms with van der Waals surface area (Å²) >= 11 is 0. The SMILES string of the molecule is CN1CCc2c(F)c(F)c([N+](=O)[O-])c3c(=O)c(C(=O)O)cn1c23. The molecule has 1 N–H and O–H groups in total. The molecule has 0 fully saturated rings. The monoisotopic (exact) mass is 325 g/mol. The number of rotatable bonds is 2. The first-order chi connectivity index (χ1) is 10.8. The number of aromatic nitrogens is 1. The number of pyridine rings is 1. The lowest BCUT2D eigenvalue weighted by atomic mass is 10.0. The first kappa shape index (κ1) is 14.9. The quantitative estimate of drug-likeness (QED) is 0.652. The van der Waals surface area contributed by atoms with Crippen LogP contribution in [0.25, 0.3) is 10.9 Å². The fraction of sp³-hybridized carbons (Fsp3) is 0.231. The maximum absolute atomic E-state index is 14.2. The average Bonchev–Trinajstić information content (AvgIpc) is 2.47. The van der Waals surface area contributed by atoms with Crippen LogP contribution in [0.4, 0.5) is 14.5 Å². The number of hydrogen-bond acceptors (Lipinski definition) is 5. The van der Waals surface area contributed by atoms with Gasteiger partial charge in [-0.3, -0.25) is 19.6 Å². The van der Waals surface area contributed by atoms with Crippen LogP contribution in [0.5, 0.6) is 0 Å². The van der Waals surface area contributed by atoms with Crippen LogP contribution < -0.4 is 10.4 Å². The Labute approximate surface area is 126 Å². The number of benzene rings is 1. The van der Waals surface area contributed by atoms with Gasteiger partial charge in [-0.15, -0.1) is 0 Å². The van der Waals surface area contributed by atoms with Crippen molar-refractivity contribution in [3.05, 3.63) is 49.3 Å². The zero-order valence-electron chi connectivity index (χ0n) is 11.7. The van der Waals surface area contributed by atoms with Gasteiger partial charge in [0, 0.05) is 25.4 Å². The second-order valence-electron chi connectivity index (χ2n) is 5.09. The second kappa shape index (κ2) is 4.73. The zero-order valence-corrected chi connectivity index (χ0v) is 11.7. The lowest BCUT2D eigenvalue weighted by Crippen LogP contribution is -2.39. The molecule has 0 saturated carbocycles. The first-order valence-corrected chi connectivity index (χ1v) is 6.44. The highest BCUT2D eigenvalue weighted by molar-refractivity contribution is 5.98. The molecule has 0 spiro atoms. The maximum Gasteiger partial charge on any atom is 0.341 e. The van der Waals surface area contributed by atoms with Crippen molar-refractivity contribution in [2.45, 2.75) is 6.42 Å². The number of carboxylic acid groups (broad SMARTS) is 1. The molecule has 0 atom stereocenters. The Bertz CT molecular complexity index is 953. The molecule has 1 aliphatic rings. The third-order valence-electron chi connectivity index (χ3n) is 3.84. The molecule has 0 unspecified atom stereocenters. The van der Waals surface area contributed by atoms with Gasteiger partial charge in [0.15, 0.2) is 5.82 Å². The number of aromatic carboxylic acids is 1. The van der Waals surface area contributed by atoms with Crippen LogP contribution in [0.3, 0.4) is 0 Å². The van der Waals surface area contributed by atoms with Crippen molar-refractivity contribution in [3.8, 4) is 0 Å². The van der Waals surface area contributed by atoms with Gasteiger partial charge in [0.25, 0.3) is 0 Å². The van der Waals surface area contributed by atoms with Crippen LogP contribution in [-0.2, 0) is 6.42 Å². The predicted octanol–water partition coefficient (Wildman–Crippen LogP) is 1.01. The lowest BCUT2D eigenvalue weighted by Gasteiger charge is -2.30. The molecule has 0 bridgehead atoms.